The predicted octanol–water partition coefficient (Wildman–Crippen LogP) is 2.97. The number of nitrogens with two attached hydrogens (primary N) is 1. The standard InChI is InChI=1S/C13H17N3OS/c1-7-10-9(18-11(7)14)5-4-6-13(10,3)12-15-8(2)16-17-12/h4-6,14H2,1-3H3. The molecule has 1 aliphatic carbocycles. The van der Waals surface area contributed by atoms with E-state index < -0.39 is 0 Å². The van der Waals surface area contributed by atoms with Gasteiger partial charge in [0.2, 0.25) is 5.89 Å². The maximum atomic E-state index is 6.08. The number of thiophene rings is 1. The molecule has 0 aromatic carbocycles. The first-order valence-electron chi connectivity index (χ1n) is 6.21. The molecule has 0 radical (unpaired) electrons. The van der Waals surface area contributed by atoms with E-state index in [1.807, 2.05) is 6.92 Å². The van der Waals surface area contributed by atoms with E-state index in [9.17, 15) is 0 Å². The van der Waals surface area contributed by atoms with Crippen LogP contribution in [0.1, 0.15) is 47.5 Å². The van der Waals surface area contributed by atoms with Gasteiger partial charge in [0.1, 0.15) is 0 Å². The first-order valence-corrected chi connectivity index (χ1v) is 7.03. The molecule has 1 unspecified atom stereocenters. The number of aryl methyl sites for hydroxylation is 2. The van der Waals surface area contributed by atoms with E-state index in [-0.39, 0.29) is 5.41 Å². The van der Waals surface area contributed by atoms with Gasteiger partial charge in [0, 0.05) is 4.88 Å². The fraction of sp³-hybridized carbons (Fsp3) is 0.538. The molecule has 1 atom stereocenters. The van der Waals surface area contributed by atoms with Gasteiger partial charge in [-0.2, -0.15) is 4.98 Å². The van der Waals surface area contributed by atoms with Gasteiger partial charge in [-0.3, -0.25) is 0 Å². The minimum absolute atomic E-state index is 0.174. The summed E-state index contributed by atoms with van der Waals surface area (Å²) < 4.78 is 5.43. The third kappa shape index (κ3) is 1.50. The van der Waals surface area contributed by atoms with Crippen LogP contribution in [0.2, 0.25) is 0 Å². The van der Waals surface area contributed by atoms with Crippen molar-refractivity contribution in [2.24, 2.45) is 0 Å². The smallest absolute Gasteiger partial charge is 0.237 e. The van der Waals surface area contributed by atoms with E-state index in [1.165, 1.54) is 16.0 Å². The van der Waals surface area contributed by atoms with Gasteiger partial charge in [-0.05, 0) is 51.2 Å². The number of hydrogen-bond donors (Lipinski definition) is 1. The van der Waals surface area contributed by atoms with Crippen LogP contribution in [-0.2, 0) is 11.8 Å². The molecule has 18 heavy (non-hydrogen) atoms. The van der Waals surface area contributed by atoms with Gasteiger partial charge in [-0.1, -0.05) is 5.16 Å². The Morgan fingerprint density at radius 1 is 1.39 bits per heavy atom. The molecular weight excluding hydrogens is 246 g/mol. The maximum Gasteiger partial charge on any atom is 0.237 e. The highest BCUT2D eigenvalue weighted by atomic mass is 32.1. The zero-order valence-electron chi connectivity index (χ0n) is 10.9. The molecule has 0 fully saturated rings. The van der Waals surface area contributed by atoms with Crippen molar-refractivity contribution in [3.05, 3.63) is 27.7 Å². The van der Waals surface area contributed by atoms with Gasteiger partial charge in [0.15, 0.2) is 5.82 Å². The van der Waals surface area contributed by atoms with Crippen LogP contribution in [0.5, 0.6) is 0 Å². The molecule has 0 spiro atoms. The largest absolute Gasteiger partial charge is 0.390 e. The van der Waals surface area contributed by atoms with Crippen molar-refractivity contribution in [1.29, 1.82) is 0 Å². The fourth-order valence-corrected chi connectivity index (χ4v) is 4.20. The predicted molar refractivity (Wildman–Crippen MR) is 71.9 cm³/mol. The van der Waals surface area contributed by atoms with Gasteiger partial charge in [0.25, 0.3) is 0 Å². The summed E-state index contributed by atoms with van der Waals surface area (Å²) in [6, 6.07) is 0. The average Bonchev–Trinajstić information content (AvgIpc) is 2.86. The number of hydrogen-bond acceptors (Lipinski definition) is 5. The van der Waals surface area contributed by atoms with Crippen LogP contribution in [0.15, 0.2) is 4.52 Å². The summed E-state index contributed by atoms with van der Waals surface area (Å²) in [5.74, 6) is 1.42. The summed E-state index contributed by atoms with van der Waals surface area (Å²) in [7, 11) is 0. The normalized spacial score (nSPS) is 23.1. The third-order valence-corrected chi connectivity index (χ3v) is 5.07. The van der Waals surface area contributed by atoms with Crippen molar-refractivity contribution in [1.82, 2.24) is 10.1 Å². The second-order valence-corrected chi connectivity index (χ2v) is 6.36. The molecule has 2 N–H and O–H groups in total. The first-order chi connectivity index (χ1) is 8.52. The topological polar surface area (TPSA) is 64.9 Å². The molecule has 2 heterocycles. The zero-order valence-corrected chi connectivity index (χ0v) is 11.7. The Morgan fingerprint density at radius 3 is 2.83 bits per heavy atom. The second-order valence-electron chi connectivity index (χ2n) is 5.22. The molecule has 0 amide bonds. The van der Waals surface area contributed by atoms with Gasteiger partial charge in [-0.25, -0.2) is 0 Å². The van der Waals surface area contributed by atoms with Crippen LogP contribution in [0.25, 0.3) is 0 Å². The Bertz CT molecular complexity index is 601. The summed E-state index contributed by atoms with van der Waals surface area (Å²) in [4.78, 5) is 5.83. The molecule has 5 heteroatoms. The van der Waals surface area contributed by atoms with E-state index in [2.05, 4.69) is 24.0 Å². The van der Waals surface area contributed by atoms with Crippen LogP contribution in [0.3, 0.4) is 0 Å². The van der Waals surface area contributed by atoms with Gasteiger partial charge in [-0.15, -0.1) is 11.3 Å². The lowest BCUT2D eigenvalue weighted by Gasteiger charge is -2.31. The number of anilines is 1. The monoisotopic (exact) mass is 263 g/mol. The van der Waals surface area contributed by atoms with Crippen molar-refractivity contribution in [2.45, 2.75) is 45.4 Å². The Labute approximate surface area is 110 Å². The minimum atomic E-state index is -0.174. The summed E-state index contributed by atoms with van der Waals surface area (Å²) in [6.07, 6.45) is 3.30. The Morgan fingerprint density at radius 2 is 2.17 bits per heavy atom. The summed E-state index contributed by atoms with van der Waals surface area (Å²) in [5.41, 5.74) is 8.41. The lowest BCUT2D eigenvalue weighted by molar-refractivity contribution is 0.298. The summed E-state index contributed by atoms with van der Waals surface area (Å²) in [6.45, 7) is 6.14. The molecule has 0 saturated heterocycles. The van der Waals surface area contributed by atoms with E-state index in [0.717, 1.165) is 30.2 Å². The average molecular weight is 263 g/mol. The summed E-state index contributed by atoms with van der Waals surface area (Å²) in [5, 5.41) is 4.85. The van der Waals surface area contributed by atoms with Crippen LogP contribution < -0.4 is 5.73 Å². The van der Waals surface area contributed by atoms with Gasteiger partial charge < -0.3 is 10.3 Å². The van der Waals surface area contributed by atoms with E-state index in [1.54, 1.807) is 11.3 Å². The molecule has 0 saturated carbocycles. The SMILES string of the molecule is Cc1noc(C2(C)CCCc3sc(N)c(C)c32)n1. The van der Waals surface area contributed by atoms with Crippen molar-refractivity contribution >= 4 is 16.3 Å². The molecule has 3 rings (SSSR count). The maximum absolute atomic E-state index is 6.08. The molecular formula is C13H17N3OS. The lowest BCUT2D eigenvalue weighted by atomic mass is 9.72. The molecule has 1 aliphatic rings. The second kappa shape index (κ2) is 3.82. The molecule has 2 aromatic rings. The number of aromatic nitrogens is 2. The van der Waals surface area contributed by atoms with Gasteiger partial charge >= 0.3 is 0 Å². The summed E-state index contributed by atoms with van der Waals surface area (Å²) >= 11 is 1.71. The highest BCUT2D eigenvalue weighted by Crippen LogP contribution is 2.48. The van der Waals surface area contributed by atoms with Crippen molar-refractivity contribution in [2.75, 3.05) is 5.73 Å². The van der Waals surface area contributed by atoms with Crippen molar-refractivity contribution in [3.8, 4) is 0 Å². The molecule has 0 bridgehead atoms. The van der Waals surface area contributed by atoms with Crippen LogP contribution >= 0.6 is 11.3 Å². The van der Waals surface area contributed by atoms with Crippen molar-refractivity contribution in [3.63, 3.8) is 0 Å². The highest BCUT2D eigenvalue weighted by Gasteiger charge is 2.41. The number of nitrogens with zero attached hydrogens (tertiary/aromatic N) is 2. The number of fused-ring (bicyclic) bond motifs is 1. The van der Waals surface area contributed by atoms with Gasteiger partial charge in [0.05, 0.1) is 10.4 Å². The van der Waals surface area contributed by atoms with Crippen LogP contribution in [0.4, 0.5) is 5.00 Å². The fourth-order valence-electron chi connectivity index (χ4n) is 2.95. The number of rotatable bonds is 1. The first kappa shape index (κ1) is 11.7. The lowest BCUT2D eigenvalue weighted by Crippen LogP contribution is -2.29. The molecule has 0 aliphatic heterocycles. The van der Waals surface area contributed by atoms with E-state index in [4.69, 9.17) is 10.3 Å². The number of nitrogen functional groups attached to an aromatic ring is 1. The molecule has 2 aromatic heterocycles. The molecule has 96 valence electrons. The van der Waals surface area contributed by atoms with Crippen LogP contribution in [-0.4, -0.2) is 10.1 Å². The Kier molecular flexibility index (Phi) is 2.48. The Hall–Kier alpha value is -1.36. The Balaban J connectivity index is 2.21. The van der Waals surface area contributed by atoms with Crippen LogP contribution in [0, 0.1) is 13.8 Å². The third-order valence-electron chi connectivity index (χ3n) is 3.89. The van der Waals surface area contributed by atoms with Crippen molar-refractivity contribution < 1.29 is 4.52 Å². The zero-order chi connectivity index (χ0) is 12.9. The minimum Gasteiger partial charge on any atom is -0.390 e. The highest BCUT2D eigenvalue weighted by molar-refractivity contribution is 7.16. The molecule has 4 nitrogen and oxygen atoms in total. The quantitative estimate of drug-likeness (QED) is 0.859. The van der Waals surface area contributed by atoms with E-state index in [0.29, 0.717) is 5.82 Å². The van der Waals surface area contributed by atoms with E-state index >= 15 is 0 Å².